The van der Waals surface area contributed by atoms with Gasteiger partial charge in [-0.3, -0.25) is 9.59 Å². The standard InChI is InChI=1S/C22H18ClFN2O3/c1-14(21(27)25-18-9-7-16(23)8-10-18)29-20-11-5-15(6-12-20)22(28)26-19-4-2-3-17(24)13-19/h2-14H,1H3,(H,25,27)(H,26,28). The molecule has 0 aliphatic heterocycles. The minimum atomic E-state index is -0.752. The van der Waals surface area contributed by atoms with E-state index in [0.29, 0.717) is 27.7 Å². The lowest BCUT2D eigenvalue weighted by molar-refractivity contribution is -0.122. The van der Waals surface area contributed by atoms with Crippen molar-refractivity contribution in [2.45, 2.75) is 13.0 Å². The molecule has 0 aliphatic rings. The largest absolute Gasteiger partial charge is 0.481 e. The molecule has 0 spiro atoms. The Kier molecular flexibility index (Phi) is 6.46. The van der Waals surface area contributed by atoms with Crippen LogP contribution in [0.15, 0.2) is 72.8 Å². The fourth-order valence-corrected chi connectivity index (χ4v) is 2.62. The number of halogens is 2. The Balaban J connectivity index is 1.57. The third kappa shape index (κ3) is 5.80. The first-order valence-corrected chi connectivity index (χ1v) is 9.18. The van der Waals surface area contributed by atoms with Gasteiger partial charge in [-0.05, 0) is 73.7 Å². The fraction of sp³-hybridized carbons (Fsp3) is 0.0909. The SMILES string of the molecule is CC(Oc1ccc(C(=O)Nc2cccc(F)c2)cc1)C(=O)Nc1ccc(Cl)cc1. The molecule has 0 saturated heterocycles. The zero-order valence-corrected chi connectivity index (χ0v) is 16.2. The Morgan fingerprint density at radius 2 is 1.62 bits per heavy atom. The molecule has 0 saturated carbocycles. The van der Waals surface area contributed by atoms with Gasteiger partial charge in [-0.25, -0.2) is 4.39 Å². The molecule has 0 aromatic heterocycles. The van der Waals surface area contributed by atoms with Crippen LogP contribution in [0.5, 0.6) is 5.75 Å². The number of benzene rings is 3. The van der Waals surface area contributed by atoms with Crippen molar-refractivity contribution in [2.75, 3.05) is 10.6 Å². The van der Waals surface area contributed by atoms with Crippen LogP contribution < -0.4 is 15.4 Å². The second kappa shape index (κ2) is 9.21. The average Bonchev–Trinajstić information content (AvgIpc) is 2.70. The van der Waals surface area contributed by atoms with Gasteiger partial charge in [0.15, 0.2) is 6.10 Å². The van der Waals surface area contributed by atoms with Crippen molar-refractivity contribution in [3.63, 3.8) is 0 Å². The van der Waals surface area contributed by atoms with Gasteiger partial charge in [-0.15, -0.1) is 0 Å². The van der Waals surface area contributed by atoms with Crippen molar-refractivity contribution in [3.05, 3.63) is 89.2 Å². The Labute approximate surface area is 172 Å². The van der Waals surface area contributed by atoms with Crippen molar-refractivity contribution in [3.8, 4) is 5.75 Å². The van der Waals surface area contributed by atoms with E-state index in [-0.39, 0.29) is 11.8 Å². The van der Waals surface area contributed by atoms with Crippen LogP contribution in [0.2, 0.25) is 5.02 Å². The highest BCUT2D eigenvalue weighted by molar-refractivity contribution is 6.30. The van der Waals surface area contributed by atoms with Crippen LogP contribution in [-0.2, 0) is 4.79 Å². The van der Waals surface area contributed by atoms with Gasteiger partial charge in [0.25, 0.3) is 11.8 Å². The van der Waals surface area contributed by atoms with Crippen molar-refractivity contribution in [1.29, 1.82) is 0 Å². The van der Waals surface area contributed by atoms with Crippen LogP contribution in [0.25, 0.3) is 0 Å². The van der Waals surface area contributed by atoms with E-state index in [1.807, 2.05) is 0 Å². The predicted molar refractivity (Wildman–Crippen MR) is 111 cm³/mol. The molecule has 3 aromatic rings. The normalized spacial score (nSPS) is 11.4. The third-order valence-electron chi connectivity index (χ3n) is 3.99. The molecule has 5 nitrogen and oxygen atoms in total. The maximum absolute atomic E-state index is 13.2. The van der Waals surface area contributed by atoms with Gasteiger partial charge < -0.3 is 15.4 Å². The summed E-state index contributed by atoms with van der Waals surface area (Å²) in [6.07, 6.45) is -0.752. The fourth-order valence-electron chi connectivity index (χ4n) is 2.49. The maximum atomic E-state index is 13.2. The Bertz CT molecular complexity index is 1010. The van der Waals surface area contributed by atoms with Gasteiger partial charge in [0.2, 0.25) is 0 Å². The summed E-state index contributed by atoms with van der Waals surface area (Å²) in [7, 11) is 0. The van der Waals surface area contributed by atoms with Crippen molar-refractivity contribution >= 4 is 34.8 Å². The van der Waals surface area contributed by atoms with Gasteiger partial charge in [0.05, 0.1) is 0 Å². The molecule has 1 unspecified atom stereocenters. The van der Waals surface area contributed by atoms with E-state index in [1.54, 1.807) is 61.5 Å². The van der Waals surface area contributed by atoms with Gasteiger partial charge in [0.1, 0.15) is 11.6 Å². The molecule has 0 aliphatic carbocycles. The van der Waals surface area contributed by atoms with E-state index in [0.717, 1.165) is 0 Å². The van der Waals surface area contributed by atoms with E-state index >= 15 is 0 Å². The van der Waals surface area contributed by atoms with Gasteiger partial charge in [-0.2, -0.15) is 0 Å². The van der Waals surface area contributed by atoms with Gasteiger partial charge >= 0.3 is 0 Å². The molecule has 2 amide bonds. The molecule has 2 N–H and O–H groups in total. The monoisotopic (exact) mass is 412 g/mol. The molecule has 29 heavy (non-hydrogen) atoms. The summed E-state index contributed by atoms with van der Waals surface area (Å²) < 4.78 is 18.8. The summed E-state index contributed by atoms with van der Waals surface area (Å²) in [5, 5.41) is 5.93. The van der Waals surface area contributed by atoms with Gasteiger partial charge in [-0.1, -0.05) is 17.7 Å². The van der Waals surface area contributed by atoms with Crippen LogP contribution in [0.1, 0.15) is 17.3 Å². The summed E-state index contributed by atoms with van der Waals surface area (Å²) in [6, 6.07) is 18.7. The van der Waals surface area contributed by atoms with Gasteiger partial charge in [0, 0.05) is 22.0 Å². The Morgan fingerprint density at radius 3 is 2.28 bits per heavy atom. The first-order chi connectivity index (χ1) is 13.9. The second-order valence-electron chi connectivity index (χ2n) is 6.25. The highest BCUT2D eigenvalue weighted by atomic mass is 35.5. The summed E-state index contributed by atoms with van der Waals surface area (Å²) in [6.45, 7) is 1.62. The smallest absolute Gasteiger partial charge is 0.265 e. The quantitative estimate of drug-likeness (QED) is 0.589. The van der Waals surface area contributed by atoms with Crippen LogP contribution in [-0.4, -0.2) is 17.9 Å². The lowest BCUT2D eigenvalue weighted by atomic mass is 10.2. The minimum Gasteiger partial charge on any atom is -0.481 e. The molecule has 3 aromatic carbocycles. The summed E-state index contributed by atoms with van der Waals surface area (Å²) >= 11 is 5.82. The Morgan fingerprint density at radius 1 is 0.931 bits per heavy atom. The lowest BCUT2D eigenvalue weighted by Crippen LogP contribution is -2.30. The van der Waals surface area contributed by atoms with E-state index < -0.39 is 11.9 Å². The summed E-state index contributed by atoms with van der Waals surface area (Å²) in [4.78, 5) is 24.5. The van der Waals surface area contributed by atoms with Crippen LogP contribution >= 0.6 is 11.6 Å². The number of carbonyl (C=O) groups is 2. The molecule has 148 valence electrons. The number of anilines is 2. The molecule has 7 heteroatoms. The first kappa shape index (κ1) is 20.4. The zero-order chi connectivity index (χ0) is 20.8. The molecule has 0 bridgehead atoms. The second-order valence-corrected chi connectivity index (χ2v) is 6.68. The Hall–Kier alpha value is -3.38. The summed E-state index contributed by atoms with van der Waals surface area (Å²) in [5.74, 6) is -0.695. The van der Waals surface area contributed by atoms with Crippen molar-refractivity contribution in [2.24, 2.45) is 0 Å². The summed E-state index contributed by atoms with van der Waals surface area (Å²) in [5.41, 5.74) is 1.35. The van der Waals surface area contributed by atoms with Crippen molar-refractivity contribution < 1.29 is 18.7 Å². The number of amides is 2. The molecular formula is C22H18ClFN2O3. The maximum Gasteiger partial charge on any atom is 0.265 e. The highest BCUT2D eigenvalue weighted by Crippen LogP contribution is 2.18. The lowest BCUT2D eigenvalue weighted by Gasteiger charge is -2.15. The first-order valence-electron chi connectivity index (χ1n) is 8.81. The number of ether oxygens (including phenoxy) is 1. The molecule has 0 fully saturated rings. The van der Waals surface area contributed by atoms with Crippen LogP contribution in [0.4, 0.5) is 15.8 Å². The van der Waals surface area contributed by atoms with E-state index in [1.165, 1.54) is 18.2 Å². The van der Waals surface area contributed by atoms with E-state index in [4.69, 9.17) is 16.3 Å². The van der Waals surface area contributed by atoms with E-state index in [9.17, 15) is 14.0 Å². The minimum absolute atomic E-state index is 0.319. The van der Waals surface area contributed by atoms with Crippen LogP contribution in [0.3, 0.4) is 0 Å². The zero-order valence-electron chi connectivity index (χ0n) is 15.5. The number of hydrogen-bond donors (Lipinski definition) is 2. The highest BCUT2D eigenvalue weighted by Gasteiger charge is 2.15. The topological polar surface area (TPSA) is 67.4 Å². The molecule has 0 heterocycles. The third-order valence-corrected chi connectivity index (χ3v) is 4.24. The average molecular weight is 413 g/mol. The van der Waals surface area contributed by atoms with Crippen molar-refractivity contribution in [1.82, 2.24) is 0 Å². The molecule has 3 rings (SSSR count). The molecule has 0 radical (unpaired) electrons. The number of nitrogens with one attached hydrogen (secondary N) is 2. The number of carbonyl (C=O) groups excluding carboxylic acids is 2. The molecular weight excluding hydrogens is 395 g/mol. The molecule has 1 atom stereocenters. The predicted octanol–water partition coefficient (Wildman–Crippen LogP) is 5.14. The van der Waals surface area contributed by atoms with E-state index in [2.05, 4.69) is 10.6 Å². The number of hydrogen-bond acceptors (Lipinski definition) is 3. The van der Waals surface area contributed by atoms with Crippen LogP contribution in [0, 0.1) is 5.82 Å². The number of rotatable bonds is 6.